The van der Waals surface area contributed by atoms with Crippen LogP contribution in [0.3, 0.4) is 0 Å². The number of hydrogen-bond donors (Lipinski definition) is 0. The molecule has 12 rings (SSSR count). The highest BCUT2D eigenvalue weighted by atomic mass is 16.3. The molecule has 0 aliphatic heterocycles. The molecule has 0 fully saturated rings. The number of furan rings is 2. The fourth-order valence-corrected chi connectivity index (χ4v) is 7.67. The Morgan fingerprint density at radius 2 is 0.875 bits per heavy atom. The standard InChI is InChI=1S/C54H32O2/c1-2-15-39-33(11-1)12-10-21-40(39)34-23-25-35(26-24-34)51-41-16-3-5-18-43(41)52(44-19-6-4-17-42(44)51)38-14-9-13-36(31-38)37-27-28-46-50(32-37)56-49-30-29-48-53(54(46)49)45-20-7-8-22-47(45)55-48/h1-32H/i3D,4D,5D,6D,7D,8D,9D,13D,14D,16D,17D,18D,19D,20D,22D,27D,28D,29D,30D,31D,32D. The Morgan fingerprint density at radius 1 is 0.321 bits per heavy atom. The van der Waals surface area contributed by atoms with Gasteiger partial charge in [-0.2, -0.15) is 0 Å². The number of fused-ring (bicyclic) bond motifs is 10. The zero-order valence-corrected chi connectivity index (χ0v) is 28.7. The molecule has 0 radical (unpaired) electrons. The van der Waals surface area contributed by atoms with E-state index in [4.69, 9.17) is 22.5 Å². The summed E-state index contributed by atoms with van der Waals surface area (Å²) in [6.07, 6.45) is 0. The van der Waals surface area contributed by atoms with Gasteiger partial charge in [-0.3, -0.25) is 0 Å². The van der Waals surface area contributed by atoms with Gasteiger partial charge in [0.25, 0.3) is 0 Å². The summed E-state index contributed by atoms with van der Waals surface area (Å²) in [5, 5.41) is -0.404. The van der Waals surface area contributed by atoms with Crippen molar-refractivity contribution in [2.45, 2.75) is 0 Å². The first kappa shape index (κ1) is 16.9. The molecular formula is C54H32O2. The molecule has 10 aromatic carbocycles. The minimum Gasteiger partial charge on any atom is -0.456 e. The Bertz CT molecular complexity index is 4670. The Hall–Kier alpha value is -7.42. The highest BCUT2D eigenvalue weighted by Gasteiger charge is 2.19. The summed E-state index contributed by atoms with van der Waals surface area (Å²) in [5.41, 5.74) is -2.46. The van der Waals surface area contributed by atoms with Gasteiger partial charge in [-0.15, -0.1) is 0 Å². The molecule has 0 spiro atoms. The van der Waals surface area contributed by atoms with Crippen molar-refractivity contribution in [1.82, 2.24) is 0 Å². The molecule has 0 saturated heterocycles. The van der Waals surface area contributed by atoms with Crippen LogP contribution in [0.15, 0.2) is 202 Å². The maximum Gasteiger partial charge on any atom is 0.136 e. The molecule has 0 aliphatic rings. The molecule has 0 N–H and O–H groups in total. The van der Waals surface area contributed by atoms with Crippen molar-refractivity contribution >= 4 is 76.2 Å². The molecule has 0 bridgehead atoms. The molecule has 12 aromatic rings. The largest absolute Gasteiger partial charge is 0.456 e. The van der Waals surface area contributed by atoms with E-state index in [-0.39, 0.29) is 54.6 Å². The van der Waals surface area contributed by atoms with E-state index in [1.807, 2.05) is 42.5 Å². The lowest BCUT2D eigenvalue weighted by atomic mass is 9.85. The van der Waals surface area contributed by atoms with Crippen LogP contribution in [0, 0.1) is 0 Å². The van der Waals surface area contributed by atoms with E-state index < -0.39 is 171 Å². The zero-order valence-electron chi connectivity index (χ0n) is 49.7. The minimum atomic E-state index is -0.940. The molecule has 260 valence electrons. The van der Waals surface area contributed by atoms with Gasteiger partial charge in [0.2, 0.25) is 0 Å². The first-order valence-corrected chi connectivity index (χ1v) is 17.5. The van der Waals surface area contributed by atoms with Crippen molar-refractivity contribution in [2.24, 2.45) is 0 Å². The summed E-state index contributed by atoms with van der Waals surface area (Å²) in [6.45, 7) is 0. The summed E-state index contributed by atoms with van der Waals surface area (Å²) < 4.78 is 204. The summed E-state index contributed by atoms with van der Waals surface area (Å²) >= 11 is 0. The summed E-state index contributed by atoms with van der Waals surface area (Å²) in [7, 11) is 0. The Morgan fingerprint density at radius 3 is 1.61 bits per heavy atom. The van der Waals surface area contributed by atoms with Crippen LogP contribution in [0.1, 0.15) is 28.8 Å². The quantitative estimate of drug-likeness (QED) is 0.168. The normalized spacial score (nSPS) is 17.2. The highest BCUT2D eigenvalue weighted by molar-refractivity contribution is 6.26. The van der Waals surface area contributed by atoms with E-state index in [1.54, 1.807) is 24.3 Å². The van der Waals surface area contributed by atoms with E-state index in [2.05, 4.69) is 0 Å². The maximum absolute atomic E-state index is 9.97. The fraction of sp³-hybridized carbons (Fsp3) is 0. The van der Waals surface area contributed by atoms with Gasteiger partial charge in [0, 0.05) is 21.5 Å². The van der Waals surface area contributed by atoms with Crippen molar-refractivity contribution in [1.29, 1.82) is 0 Å². The Kier molecular flexibility index (Phi) is 3.64. The molecule has 0 amide bonds. The van der Waals surface area contributed by atoms with Crippen LogP contribution in [-0.2, 0) is 0 Å². The van der Waals surface area contributed by atoms with Crippen molar-refractivity contribution in [2.75, 3.05) is 0 Å². The number of benzene rings is 10. The molecule has 2 heterocycles. The van der Waals surface area contributed by atoms with Gasteiger partial charge in [-0.25, -0.2) is 0 Å². The molecule has 2 nitrogen and oxygen atoms in total. The van der Waals surface area contributed by atoms with Crippen molar-refractivity contribution in [3.05, 3.63) is 194 Å². The third-order valence-electron chi connectivity index (χ3n) is 10.1. The lowest BCUT2D eigenvalue weighted by molar-refractivity contribution is 0.663. The van der Waals surface area contributed by atoms with Crippen LogP contribution in [0.5, 0.6) is 0 Å². The summed E-state index contributed by atoms with van der Waals surface area (Å²) in [6, 6.07) is 4.73. The smallest absolute Gasteiger partial charge is 0.136 e. The SMILES string of the molecule is [2H]c1c([2H])c(-c2c([2H])c([2H])c3c(oc4c([2H])c([2H])c5oc6c([2H])c([2H])c([2H])c([2H])c6c5c43)c2[2H])c([2H])c(-c2c3c([2H])c([2H])c([2H])c([2H])c3c(-c3ccc(-c4cccc5ccccc45)cc3)c3c([2H])c([2H])c([2H])c([2H])c23)c1[2H]. The molecule has 2 heteroatoms. The van der Waals surface area contributed by atoms with Crippen molar-refractivity contribution in [3.63, 3.8) is 0 Å². The number of para-hydroxylation sites is 1. The third kappa shape index (κ3) is 4.63. The van der Waals surface area contributed by atoms with Crippen LogP contribution in [0.2, 0.25) is 0 Å². The van der Waals surface area contributed by atoms with E-state index in [0.717, 1.165) is 21.9 Å². The van der Waals surface area contributed by atoms with E-state index in [1.165, 1.54) is 0 Å². The van der Waals surface area contributed by atoms with Crippen LogP contribution in [-0.4, -0.2) is 0 Å². The molecule has 0 atom stereocenters. The lowest BCUT2D eigenvalue weighted by Gasteiger charge is -2.18. The summed E-state index contributed by atoms with van der Waals surface area (Å²) in [4.78, 5) is 0. The molecular weight excluding hydrogens is 681 g/mol. The molecule has 0 saturated carbocycles. The average Bonchev–Trinajstić information content (AvgIpc) is 4.18. The Labute approximate surface area is 352 Å². The first-order chi connectivity index (χ1) is 36.5. The zero-order chi connectivity index (χ0) is 55.0. The third-order valence-corrected chi connectivity index (χ3v) is 10.1. The molecule has 2 aromatic heterocycles. The van der Waals surface area contributed by atoms with Gasteiger partial charge >= 0.3 is 0 Å². The van der Waals surface area contributed by atoms with Crippen LogP contribution in [0.4, 0.5) is 0 Å². The van der Waals surface area contributed by atoms with E-state index in [9.17, 15) is 15.1 Å². The lowest BCUT2D eigenvalue weighted by Crippen LogP contribution is -1.91. The van der Waals surface area contributed by atoms with Crippen LogP contribution >= 0.6 is 0 Å². The maximum atomic E-state index is 9.97. The average molecular weight is 734 g/mol. The van der Waals surface area contributed by atoms with Crippen molar-refractivity contribution < 1.29 is 37.6 Å². The van der Waals surface area contributed by atoms with Gasteiger partial charge in [-0.05, 0) is 113 Å². The number of rotatable bonds is 4. The molecule has 56 heavy (non-hydrogen) atoms. The molecule has 0 unspecified atom stereocenters. The minimum absolute atomic E-state index is 0.0422. The number of hydrogen-bond acceptors (Lipinski definition) is 2. The van der Waals surface area contributed by atoms with E-state index in [0.29, 0.717) is 0 Å². The van der Waals surface area contributed by atoms with Crippen LogP contribution in [0.25, 0.3) is 121 Å². The highest BCUT2D eigenvalue weighted by Crippen LogP contribution is 2.45. The van der Waals surface area contributed by atoms with Gasteiger partial charge in [0.15, 0.2) is 0 Å². The second-order valence-corrected chi connectivity index (χ2v) is 13.1. The van der Waals surface area contributed by atoms with E-state index >= 15 is 0 Å². The van der Waals surface area contributed by atoms with Gasteiger partial charge in [0.05, 0.1) is 28.8 Å². The molecule has 0 aliphatic carbocycles. The summed E-state index contributed by atoms with van der Waals surface area (Å²) in [5.74, 6) is 0. The van der Waals surface area contributed by atoms with Gasteiger partial charge < -0.3 is 8.83 Å². The fourth-order valence-electron chi connectivity index (χ4n) is 7.67. The predicted octanol–water partition coefficient (Wildman–Crippen LogP) is 15.6. The predicted molar refractivity (Wildman–Crippen MR) is 235 cm³/mol. The van der Waals surface area contributed by atoms with Gasteiger partial charge in [-0.1, -0.05) is 157 Å². The van der Waals surface area contributed by atoms with Crippen LogP contribution < -0.4 is 0 Å². The first-order valence-electron chi connectivity index (χ1n) is 28.0. The monoisotopic (exact) mass is 733 g/mol. The van der Waals surface area contributed by atoms with Gasteiger partial charge in [0.1, 0.15) is 22.3 Å². The Balaban J connectivity index is 1.20. The topological polar surface area (TPSA) is 26.3 Å². The second kappa shape index (κ2) is 12.0. The van der Waals surface area contributed by atoms with Crippen molar-refractivity contribution in [3.8, 4) is 44.5 Å². The second-order valence-electron chi connectivity index (χ2n) is 13.1.